The highest BCUT2D eigenvalue weighted by atomic mass is 28.4. The van der Waals surface area contributed by atoms with Gasteiger partial charge in [-0.3, -0.25) is 0 Å². The molecule has 43 heavy (non-hydrogen) atoms. The third kappa shape index (κ3) is 7.35. The lowest BCUT2D eigenvalue weighted by molar-refractivity contribution is 0.134. The first-order chi connectivity index (χ1) is 19.8. The molecular formula is C35H54N2O4Si2. The smallest absolute Gasteiger partial charge is 0.199 e. The lowest BCUT2D eigenvalue weighted by atomic mass is 9.92. The molecule has 2 aliphatic rings. The molecule has 4 atom stereocenters. The van der Waals surface area contributed by atoms with Crippen LogP contribution in [0.25, 0.3) is 0 Å². The summed E-state index contributed by atoms with van der Waals surface area (Å²) in [5, 5.41) is 0.156. The summed E-state index contributed by atoms with van der Waals surface area (Å²) in [4.78, 5) is 10.3. The van der Waals surface area contributed by atoms with Gasteiger partial charge in [-0.2, -0.15) is 0 Å². The average molecular weight is 623 g/mol. The topological polar surface area (TPSA) is 61.6 Å². The maximum atomic E-state index is 7.01. The molecule has 6 nitrogen and oxygen atoms in total. The fraction of sp³-hybridized carbons (Fsp3) is 0.600. The van der Waals surface area contributed by atoms with Gasteiger partial charge in [-0.1, -0.05) is 102 Å². The molecule has 0 aliphatic carbocycles. The fourth-order valence-corrected chi connectivity index (χ4v) is 7.44. The molecule has 0 N–H and O–H groups in total. The summed E-state index contributed by atoms with van der Waals surface area (Å²) in [7, 11) is -4.17. The zero-order valence-corrected chi connectivity index (χ0v) is 30.5. The van der Waals surface area contributed by atoms with Gasteiger partial charge in [0.15, 0.2) is 28.4 Å². The summed E-state index contributed by atoms with van der Waals surface area (Å²) in [5.41, 5.74) is 1.64. The molecule has 0 bridgehead atoms. The van der Waals surface area contributed by atoms with Crippen molar-refractivity contribution in [3.63, 3.8) is 0 Å². The minimum atomic E-state index is -2.08. The van der Waals surface area contributed by atoms with Gasteiger partial charge in [0, 0.05) is 0 Å². The van der Waals surface area contributed by atoms with Crippen molar-refractivity contribution in [2.24, 2.45) is 15.4 Å². The van der Waals surface area contributed by atoms with Gasteiger partial charge in [0.05, 0.1) is 12.2 Å². The molecular weight excluding hydrogens is 569 g/mol. The summed E-state index contributed by atoms with van der Waals surface area (Å²) in [5.74, 6) is 1.30. The van der Waals surface area contributed by atoms with Gasteiger partial charge in [-0.15, -0.1) is 0 Å². The number of benzene rings is 2. The second-order valence-electron chi connectivity index (χ2n) is 15.7. The van der Waals surface area contributed by atoms with E-state index in [2.05, 4.69) is 130 Å². The molecule has 4 rings (SSSR count). The Morgan fingerprint density at radius 2 is 0.930 bits per heavy atom. The molecule has 2 aromatic carbocycles. The van der Waals surface area contributed by atoms with E-state index in [-0.39, 0.29) is 34.4 Å². The molecule has 236 valence electrons. The highest BCUT2D eigenvalue weighted by Crippen LogP contribution is 2.44. The van der Waals surface area contributed by atoms with Gasteiger partial charge in [-0.25, -0.2) is 9.98 Å². The first-order valence-corrected chi connectivity index (χ1v) is 21.5. The van der Waals surface area contributed by atoms with Crippen molar-refractivity contribution in [3.05, 3.63) is 71.8 Å². The Kier molecular flexibility index (Phi) is 9.59. The number of hydrogen-bond donors (Lipinski definition) is 0. The Hall–Kier alpha value is -2.27. The second kappa shape index (κ2) is 12.3. The Morgan fingerprint density at radius 3 is 1.23 bits per heavy atom. The molecule has 0 saturated carbocycles. The largest absolute Gasteiger partial charge is 0.478 e. The van der Waals surface area contributed by atoms with Gasteiger partial charge < -0.3 is 18.3 Å². The molecule has 2 aliphatic heterocycles. The maximum Gasteiger partial charge on any atom is 0.199 e. The Morgan fingerprint density at radius 1 is 0.605 bits per heavy atom. The van der Waals surface area contributed by atoms with E-state index in [4.69, 9.17) is 28.3 Å². The van der Waals surface area contributed by atoms with E-state index in [0.717, 1.165) is 11.1 Å². The third-order valence-corrected chi connectivity index (χ3v) is 18.7. The number of hydrogen-bond acceptors (Lipinski definition) is 6. The normalized spacial score (nSPS) is 21.5. The zero-order chi connectivity index (χ0) is 31.8. The molecule has 0 saturated heterocycles. The predicted octanol–water partition coefficient (Wildman–Crippen LogP) is 9.13. The predicted molar refractivity (Wildman–Crippen MR) is 183 cm³/mol. The van der Waals surface area contributed by atoms with Crippen LogP contribution in [0.2, 0.25) is 36.3 Å². The van der Waals surface area contributed by atoms with Crippen LogP contribution >= 0.6 is 0 Å². The van der Waals surface area contributed by atoms with Gasteiger partial charge in [0.1, 0.15) is 30.7 Å². The molecule has 0 spiro atoms. The maximum absolute atomic E-state index is 7.01. The molecule has 2 aromatic rings. The van der Waals surface area contributed by atoms with E-state index in [1.165, 1.54) is 0 Å². The molecule has 0 aromatic heterocycles. The van der Waals surface area contributed by atoms with E-state index in [1.54, 1.807) is 0 Å². The van der Waals surface area contributed by atoms with Gasteiger partial charge in [-0.05, 0) is 61.2 Å². The number of aliphatic imine (C=N–C) groups is 2. The molecule has 2 heterocycles. The first kappa shape index (κ1) is 33.6. The molecule has 8 heteroatoms. The zero-order valence-electron chi connectivity index (χ0n) is 28.5. The van der Waals surface area contributed by atoms with Crippen LogP contribution in [-0.2, 0) is 18.3 Å². The van der Waals surface area contributed by atoms with Crippen molar-refractivity contribution in [2.75, 3.05) is 13.2 Å². The van der Waals surface area contributed by atoms with E-state index in [9.17, 15) is 0 Å². The van der Waals surface area contributed by atoms with Crippen LogP contribution in [0.4, 0.5) is 0 Å². The van der Waals surface area contributed by atoms with Gasteiger partial charge >= 0.3 is 0 Å². The summed E-state index contributed by atoms with van der Waals surface area (Å²) in [6.45, 7) is 27.9. The van der Waals surface area contributed by atoms with Crippen LogP contribution in [-0.4, -0.2) is 53.7 Å². The van der Waals surface area contributed by atoms with Crippen LogP contribution in [0, 0.1) is 5.41 Å². The summed E-state index contributed by atoms with van der Waals surface area (Å²) < 4.78 is 26.7. The van der Waals surface area contributed by atoms with Crippen LogP contribution in [0.5, 0.6) is 0 Å². The summed E-state index contributed by atoms with van der Waals surface area (Å²) >= 11 is 0. The van der Waals surface area contributed by atoms with Crippen molar-refractivity contribution in [1.29, 1.82) is 0 Å². The quantitative estimate of drug-likeness (QED) is 0.248. The van der Waals surface area contributed by atoms with Gasteiger partial charge in [0.2, 0.25) is 0 Å². The third-order valence-electron chi connectivity index (χ3n) is 9.83. The van der Waals surface area contributed by atoms with E-state index >= 15 is 0 Å². The lowest BCUT2D eigenvalue weighted by Gasteiger charge is -2.40. The minimum Gasteiger partial charge on any atom is -0.478 e. The lowest BCUT2D eigenvalue weighted by Crippen LogP contribution is -2.44. The van der Waals surface area contributed by atoms with Crippen molar-refractivity contribution in [2.45, 2.75) is 116 Å². The fourth-order valence-electron chi connectivity index (χ4n) is 4.88. The van der Waals surface area contributed by atoms with Crippen molar-refractivity contribution in [1.82, 2.24) is 0 Å². The number of nitrogens with zero attached hydrogens (tertiary/aromatic N) is 2. The van der Waals surface area contributed by atoms with Gasteiger partial charge in [0.25, 0.3) is 0 Å². The highest BCUT2D eigenvalue weighted by Gasteiger charge is 2.48. The van der Waals surface area contributed by atoms with Crippen LogP contribution < -0.4 is 0 Å². The average Bonchev–Trinajstić information content (AvgIpc) is 3.62. The summed E-state index contributed by atoms with van der Waals surface area (Å²) in [6, 6.07) is 20.6. The molecule has 0 unspecified atom stereocenters. The number of rotatable bonds is 10. The SMILES string of the molecule is CC(C)(C1=N[C@H]([C@@H](O[Si](C)(C)C(C)(C)C)c2ccccc2)CO1)C1=N[C@H]([C@@H](O[Si](C)(C)C(C)(C)C)c2ccccc2)CO1. The van der Waals surface area contributed by atoms with Crippen LogP contribution in [0.15, 0.2) is 70.6 Å². The molecule has 0 amide bonds. The van der Waals surface area contributed by atoms with Crippen LogP contribution in [0.3, 0.4) is 0 Å². The van der Waals surface area contributed by atoms with Crippen molar-refractivity contribution in [3.8, 4) is 0 Å². The monoisotopic (exact) mass is 622 g/mol. The van der Waals surface area contributed by atoms with Crippen molar-refractivity contribution >= 4 is 28.4 Å². The minimum absolute atomic E-state index is 0.0779. The van der Waals surface area contributed by atoms with E-state index in [1.807, 2.05) is 12.1 Å². The van der Waals surface area contributed by atoms with E-state index in [0.29, 0.717) is 25.0 Å². The highest BCUT2D eigenvalue weighted by molar-refractivity contribution is 6.74. The second-order valence-corrected chi connectivity index (χ2v) is 25.2. The van der Waals surface area contributed by atoms with Crippen LogP contribution in [0.1, 0.15) is 78.7 Å². The van der Waals surface area contributed by atoms with E-state index < -0.39 is 22.0 Å². The Balaban J connectivity index is 1.62. The number of ether oxygens (including phenoxy) is 2. The molecule has 0 fully saturated rings. The molecule has 0 radical (unpaired) electrons. The Labute approximate surface area is 262 Å². The first-order valence-electron chi connectivity index (χ1n) is 15.7. The standard InChI is InChI=1S/C35H54N2O4Si2/c1-33(2,3)42(9,10)40-29(25-19-15-13-16-20-25)27-23-38-31(36-27)35(7,8)32-37-28(24-39-32)30(26-21-17-14-18-22-26)41-43(11,12)34(4,5)6/h13-22,27-30H,23-24H2,1-12H3/t27-,28-,29-,30-/m0/s1. The summed E-state index contributed by atoms with van der Waals surface area (Å²) in [6.07, 6.45) is -0.370. The Bertz CT molecular complexity index is 1200. The van der Waals surface area contributed by atoms with Crippen molar-refractivity contribution < 1.29 is 18.3 Å².